The topological polar surface area (TPSA) is 64.8 Å². The van der Waals surface area contributed by atoms with Crippen molar-refractivity contribution >= 4 is 12.1 Å². The van der Waals surface area contributed by atoms with Crippen LogP contribution in [-0.4, -0.2) is 26.8 Å². The maximum Gasteiger partial charge on any atom is 0.263 e. The van der Waals surface area contributed by atoms with Crippen LogP contribution in [0.25, 0.3) is 5.69 Å². The van der Waals surface area contributed by atoms with E-state index >= 15 is 0 Å². The third kappa shape index (κ3) is 1.67. The van der Waals surface area contributed by atoms with Crippen molar-refractivity contribution in [3.63, 3.8) is 0 Å². The molecule has 0 N–H and O–H groups in total. The number of rotatable bonds is 3. The number of aromatic nitrogens is 3. The van der Waals surface area contributed by atoms with Crippen molar-refractivity contribution in [1.29, 1.82) is 0 Å². The third-order valence-corrected chi connectivity index (χ3v) is 1.91. The molecular weight excluding hydrogens is 194 g/mol. The van der Waals surface area contributed by atoms with Gasteiger partial charge in [-0.15, -0.1) is 10.2 Å². The Morgan fingerprint density at radius 1 is 1.27 bits per heavy atom. The van der Waals surface area contributed by atoms with E-state index < -0.39 is 5.78 Å². The molecule has 0 aliphatic heterocycles. The minimum Gasteiger partial charge on any atom is -0.294 e. The summed E-state index contributed by atoms with van der Waals surface area (Å²) in [5.41, 5.74) is 0.743. The zero-order chi connectivity index (χ0) is 10.7. The van der Waals surface area contributed by atoms with Crippen LogP contribution in [0, 0.1) is 0 Å². The second kappa shape index (κ2) is 3.83. The first-order chi connectivity index (χ1) is 7.33. The zero-order valence-corrected chi connectivity index (χ0v) is 7.70. The molecule has 0 aliphatic carbocycles. The Balaban J connectivity index is 2.50. The van der Waals surface area contributed by atoms with Gasteiger partial charge in [0.25, 0.3) is 5.78 Å². The Bertz CT molecular complexity index is 490. The van der Waals surface area contributed by atoms with Gasteiger partial charge in [-0.1, -0.05) is 18.2 Å². The number of hydrogen-bond acceptors (Lipinski definition) is 4. The molecule has 2 aromatic rings. The third-order valence-electron chi connectivity index (χ3n) is 1.91. The first-order valence-corrected chi connectivity index (χ1v) is 4.28. The summed E-state index contributed by atoms with van der Waals surface area (Å²) >= 11 is 0. The molecule has 5 nitrogen and oxygen atoms in total. The van der Waals surface area contributed by atoms with E-state index in [1.807, 2.05) is 18.2 Å². The summed E-state index contributed by atoms with van der Waals surface area (Å²) in [5, 5.41) is 7.20. The van der Waals surface area contributed by atoms with Crippen LogP contribution < -0.4 is 0 Å². The number of Topliss-reactive ketones (excluding diaryl/α,β-unsaturated/α-hetero) is 1. The molecule has 5 heteroatoms. The molecule has 1 aromatic carbocycles. The standard InChI is InChI=1S/C10H7N3O2/c14-6-9(15)10-12-11-7-13(10)8-4-2-1-3-5-8/h1-7H. The van der Waals surface area contributed by atoms with Crippen LogP contribution in [0.1, 0.15) is 10.6 Å². The number of ketones is 1. The zero-order valence-electron chi connectivity index (χ0n) is 7.70. The van der Waals surface area contributed by atoms with Crippen LogP contribution >= 0.6 is 0 Å². The average molecular weight is 201 g/mol. The highest BCUT2D eigenvalue weighted by Gasteiger charge is 2.13. The molecule has 1 aromatic heterocycles. The van der Waals surface area contributed by atoms with E-state index in [4.69, 9.17) is 0 Å². The van der Waals surface area contributed by atoms with Crippen LogP contribution in [0.5, 0.6) is 0 Å². The van der Waals surface area contributed by atoms with Gasteiger partial charge in [0.1, 0.15) is 6.33 Å². The number of nitrogens with zero attached hydrogens (tertiary/aromatic N) is 3. The summed E-state index contributed by atoms with van der Waals surface area (Å²) in [7, 11) is 0. The van der Waals surface area contributed by atoms with Gasteiger partial charge in [-0.3, -0.25) is 14.2 Å². The lowest BCUT2D eigenvalue weighted by Gasteiger charge is -2.02. The van der Waals surface area contributed by atoms with Gasteiger partial charge in [0.05, 0.1) is 0 Å². The number of benzene rings is 1. The van der Waals surface area contributed by atoms with Crippen LogP contribution in [0.3, 0.4) is 0 Å². The lowest BCUT2D eigenvalue weighted by atomic mass is 10.3. The van der Waals surface area contributed by atoms with Gasteiger partial charge >= 0.3 is 0 Å². The summed E-state index contributed by atoms with van der Waals surface area (Å²) < 4.78 is 1.47. The highest BCUT2D eigenvalue weighted by atomic mass is 16.2. The van der Waals surface area contributed by atoms with Crippen molar-refractivity contribution in [3.05, 3.63) is 42.5 Å². The smallest absolute Gasteiger partial charge is 0.263 e. The van der Waals surface area contributed by atoms with E-state index in [0.29, 0.717) is 0 Å². The monoisotopic (exact) mass is 201 g/mol. The van der Waals surface area contributed by atoms with Crippen molar-refractivity contribution in [2.75, 3.05) is 0 Å². The number of para-hydroxylation sites is 1. The fraction of sp³-hybridized carbons (Fsp3) is 0. The Kier molecular flexibility index (Phi) is 2.37. The fourth-order valence-corrected chi connectivity index (χ4v) is 1.23. The van der Waals surface area contributed by atoms with Crippen LogP contribution in [0.15, 0.2) is 36.7 Å². The number of aldehydes is 1. The summed E-state index contributed by atoms with van der Waals surface area (Å²) in [6, 6.07) is 9.10. The molecule has 0 saturated carbocycles. The summed E-state index contributed by atoms with van der Waals surface area (Å²) in [5.74, 6) is -0.660. The Hall–Kier alpha value is -2.30. The maximum absolute atomic E-state index is 11.2. The Labute approximate surface area is 85.4 Å². The second-order valence-electron chi connectivity index (χ2n) is 2.84. The highest BCUT2D eigenvalue weighted by molar-refractivity contribution is 6.32. The van der Waals surface area contributed by atoms with Gasteiger partial charge in [-0.05, 0) is 12.1 Å². The molecule has 15 heavy (non-hydrogen) atoms. The van der Waals surface area contributed by atoms with Crippen molar-refractivity contribution in [2.45, 2.75) is 0 Å². The van der Waals surface area contributed by atoms with E-state index in [2.05, 4.69) is 10.2 Å². The lowest BCUT2D eigenvalue weighted by Crippen LogP contribution is -2.09. The first-order valence-electron chi connectivity index (χ1n) is 4.28. The average Bonchev–Trinajstić information content (AvgIpc) is 2.78. The Morgan fingerprint density at radius 2 is 2.00 bits per heavy atom. The molecular formula is C10H7N3O2. The molecule has 2 rings (SSSR count). The summed E-state index contributed by atoms with van der Waals surface area (Å²) in [6.07, 6.45) is 1.62. The molecule has 0 atom stereocenters. The molecule has 0 radical (unpaired) electrons. The van der Waals surface area contributed by atoms with Gasteiger partial charge < -0.3 is 0 Å². The normalized spacial score (nSPS) is 9.87. The number of carbonyl (C=O) groups is 2. The van der Waals surface area contributed by atoms with Crippen molar-refractivity contribution in [3.8, 4) is 5.69 Å². The predicted octanol–water partition coefficient (Wildman–Crippen LogP) is 0.649. The second-order valence-corrected chi connectivity index (χ2v) is 2.84. The van der Waals surface area contributed by atoms with Crippen LogP contribution in [0.2, 0.25) is 0 Å². The SMILES string of the molecule is O=CC(=O)c1nncn1-c1ccccc1. The maximum atomic E-state index is 11.2. The van der Waals surface area contributed by atoms with Crippen LogP contribution in [0.4, 0.5) is 0 Å². The fourth-order valence-electron chi connectivity index (χ4n) is 1.23. The summed E-state index contributed by atoms with van der Waals surface area (Å²) in [4.78, 5) is 21.5. The largest absolute Gasteiger partial charge is 0.294 e. The van der Waals surface area contributed by atoms with Gasteiger partial charge in [-0.25, -0.2) is 0 Å². The molecule has 0 bridgehead atoms. The van der Waals surface area contributed by atoms with Gasteiger partial charge in [0, 0.05) is 5.69 Å². The van der Waals surface area contributed by atoms with Gasteiger partial charge in [0.2, 0.25) is 5.82 Å². The van der Waals surface area contributed by atoms with Gasteiger partial charge in [0.15, 0.2) is 6.29 Å². The van der Waals surface area contributed by atoms with Gasteiger partial charge in [-0.2, -0.15) is 0 Å². The molecule has 0 saturated heterocycles. The molecule has 0 fully saturated rings. The van der Waals surface area contributed by atoms with E-state index in [1.54, 1.807) is 12.1 Å². The summed E-state index contributed by atoms with van der Waals surface area (Å²) in [6.45, 7) is 0. The molecule has 0 aliphatic rings. The minimum atomic E-state index is -0.684. The quantitative estimate of drug-likeness (QED) is 0.415. The van der Waals surface area contributed by atoms with Crippen molar-refractivity contribution < 1.29 is 9.59 Å². The molecule has 0 spiro atoms. The van der Waals surface area contributed by atoms with E-state index in [0.717, 1.165) is 5.69 Å². The van der Waals surface area contributed by atoms with Crippen molar-refractivity contribution in [2.24, 2.45) is 0 Å². The first kappa shape index (κ1) is 9.26. The Morgan fingerprint density at radius 3 is 2.67 bits per heavy atom. The number of hydrogen-bond donors (Lipinski definition) is 0. The predicted molar refractivity (Wildman–Crippen MR) is 51.8 cm³/mol. The molecule has 1 heterocycles. The van der Waals surface area contributed by atoms with E-state index in [-0.39, 0.29) is 12.1 Å². The molecule has 0 unspecified atom stereocenters. The lowest BCUT2D eigenvalue weighted by molar-refractivity contribution is -0.104. The minimum absolute atomic E-state index is 0.0243. The molecule has 0 amide bonds. The van der Waals surface area contributed by atoms with E-state index in [1.165, 1.54) is 10.9 Å². The van der Waals surface area contributed by atoms with Crippen LogP contribution in [-0.2, 0) is 4.79 Å². The van der Waals surface area contributed by atoms with Crippen molar-refractivity contribution in [1.82, 2.24) is 14.8 Å². The highest BCUT2D eigenvalue weighted by Crippen LogP contribution is 2.08. The number of carbonyl (C=O) groups excluding carboxylic acids is 2. The van der Waals surface area contributed by atoms with E-state index in [9.17, 15) is 9.59 Å². The molecule has 74 valence electrons.